The van der Waals surface area contributed by atoms with Crippen molar-refractivity contribution in [2.75, 3.05) is 12.5 Å². The summed E-state index contributed by atoms with van der Waals surface area (Å²) in [6, 6.07) is 0. The highest BCUT2D eigenvalue weighted by Gasteiger charge is 2.36. The molecule has 2 atom stereocenters. The highest BCUT2D eigenvalue weighted by molar-refractivity contribution is 7.92. The standard InChI is InChI=1S/C11H22O6S2/c1-11(2,3)9(19(5,16)17)7-6-8(10(12)13)18(4,14)15/h8-9H,6-7H2,1-5H3,(H,12,13). The fraction of sp³-hybridized carbons (Fsp3) is 0.909. The first-order valence-corrected chi connectivity index (χ1v) is 9.69. The Bertz CT molecular complexity index is 524. The summed E-state index contributed by atoms with van der Waals surface area (Å²) in [4.78, 5) is 10.9. The van der Waals surface area contributed by atoms with Gasteiger partial charge in [-0.2, -0.15) is 0 Å². The van der Waals surface area contributed by atoms with E-state index in [2.05, 4.69) is 0 Å². The lowest BCUT2D eigenvalue weighted by molar-refractivity contribution is -0.136. The van der Waals surface area contributed by atoms with Gasteiger partial charge in [-0.1, -0.05) is 20.8 Å². The van der Waals surface area contributed by atoms with E-state index in [9.17, 15) is 21.6 Å². The molecule has 0 rings (SSSR count). The van der Waals surface area contributed by atoms with E-state index in [0.29, 0.717) is 0 Å². The van der Waals surface area contributed by atoms with Gasteiger partial charge in [-0.3, -0.25) is 4.79 Å². The van der Waals surface area contributed by atoms with Crippen molar-refractivity contribution in [1.29, 1.82) is 0 Å². The molecule has 114 valence electrons. The summed E-state index contributed by atoms with van der Waals surface area (Å²) in [5.74, 6) is -1.44. The molecule has 0 amide bonds. The summed E-state index contributed by atoms with van der Waals surface area (Å²) in [5.41, 5.74) is -0.575. The second-order valence-electron chi connectivity index (χ2n) is 5.92. The molecule has 0 spiro atoms. The van der Waals surface area contributed by atoms with Gasteiger partial charge in [-0.15, -0.1) is 0 Å². The van der Waals surface area contributed by atoms with Crippen LogP contribution in [0.1, 0.15) is 33.6 Å². The molecule has 19 heavy (non-hydrogen) atoms. The molecule has 0 saturated carbocycles. The van der Waals surface area contributed by atoms with Crippen molar-refractivity contribution in [3.05, 3.63) is 0 Å². The van der Waals surface area contributed by atoms with Crippen LogP contribution in [0.3, 0.4) is 0 Å². The van der Waals surface area contributed by atoms with E-state index in [4.69, 9.17) is 5.11 Å². The molecule has 0 radical (unpaired) electrons. The number of hydrogen-bond donors (Lipinski definition) is 1. The zero-order valence-electron chi connectivity index (χ0n) is 11.9. The van der Waals surface area contributed by atoms with Gasteiger partial charge in [0.2, 0.25) is 0 Å². The molecule has 8 heteroatoms. The number of sulfone groups is 2. The van der Waals surface area contributed by atoms with E-state index in [1.54, 1.807) is 20.8 Å². The molecule has 0 heterocycles. The van der Waals surface area contributed by atoms with Crippen molar-refractivity contribution < 1.29 is 26.7 Å². The number of aliphatic carboxylic acids is 1. The quantitative estimate of drug-likeness (QED) is 0.774. The van der Waals surface area contributed by atoms with Gasteiger partial charge >= 0.3 is 5.97 Å². The number of carboxylic acids is 1. The van der Waals surface area contributed by atoms with Gasteiger partial charge in [0.15, 0.2) is 24.9 Å². The van der Waals surface area contributed by atoms with Gasteiger partial charge in [-0.05, 0) is 18.3 Å². The van der Waals surface area contributed by atoms with E-state index in [0.717, 1.165) is 12.5 Å². The van der Waals surface area contributed by atoms with Gasteiger partial charge in [0, 0.05) is 12.5 Å². The van der Waals surface area contributed by atoms with Crippen molar-refractivity contribution >= 4 is 25.6 Å². The van der Waals surface area contributed by atoms with Crippen LogP contribution in [0.5, 0.6) is 0 Å². The number of carbonyl (C=O) groups is 1. The Labute approximate surface area is 115 Å². The number of rotatable bonds is 6. The van der Waals surface area contributed by atoms with E-state index >= 15 is 0 Å². The lowest BCUT2D eigenvalue weighted by Gasteiger charge is -2.29. The van der Waals surface area contributed by atoms with E-state index < -0.39 is 41.6 Å². The predicted molar refractivity (Wildman–Crippen MR) is 73.6 cm³/mol. The Morgan fingerprint density at radius 2 is 1.42 bits per heavy atom. The molecule has 6 nitrogen and oxygen atoms in total. The third kappa shape index (κ3) is 5.90. The van der Waals surface area contributed by atoms with Crippen LogP contribution in [-0.2, 0) is 24.5 Å². The minimum Gasteiger partial charge on any atom is -0.480 e. The molecule has 0 aliphatic heterocycles. The third-order valence-corrected chi connectivity index (χ3v) is 6.41. The van der Waals surface area contributed by atoms with Crippen LogP contribution in [0.15, 0.2) is 0 Å². The molecular formula is C11H22O6S2. The lowest BCUT2D eigenvalue weighted by Crippen LogP contribution is -2.37. The topological polar surface area (TPSA) is 106 Å². The minimum absolute atomic E-state index is 0.00632. The average molecular weight is 314 g/mol. The molecule has 0 aromatic rings. The Balaban J connectivity index is 5.17. The summed E-state index contributed by atoms with van der Waals surface area (Å²) in [6.07, 6.45) is 1.73. The van der Waals surface area contributed by atoms with Crippen LogP contribution in [0, 0.1) is 5.41 Å². The Hall–Kier alpha value is -0.630. The first-order chi connectivity index (χ1) is 8.17. The first-order valence-electron chi connectivity index (χ1n) is 5.78. The molecule has 0 aromatic carbocycles. The van der Waals surface area contributed by atoms with Gasteiger partial charge in [0.05, 0.1) is 5.25 Å². The van der Waals surface area contributed by atoms with Crippen molar-refractivity contribution in [3.8, 4) is 0 Å². The molecule has 0 saturated heterocycles. The maximum atomic E-state index is 11.7. The normalized spacial score (nSPS) is 16.9. The molecular weight excluding hydrogens is 292 g/mol. The predicted octanol–water partition coefficient (Wildman–Crippen LogP) is 0.724. The van der Waals surface area contributed by atoms with Gasteiger partial charge < -0.3 is 5.11 Å². The molecule has 0 aliphatic rings. The van der Waals surface area contributed by atoms with Crippen molar-refractivity contribution in [2.45, 2.75) is 44.1 Å². The summed E-state index contributed by atoms with van der Waals surface area (Å²) in [6.45, 7) is 5.19. The third-order valence-electron chi connectivity index (χ3n) is 2.97. The number of carboxylic acid groups (broad SMARTS) is 1. The van der Waals surface area contributed by atoms with E-state index in [1.807, 2.05) is 0 Å². The summed E-state index contributed by atoms with van der Waals surface area (Å²) >= 11 is 0. The molecule has 0 aliphatic carbocycles. The zero-order chi connectivity index (χ0) is 15.6. The van der Waals surface area contributed by atoms with Crippen LogP contribution in [0.4, 0.5) is 0 Å². The largest absolute Gasteiger partial charge is 0.480 e. The van der Waals surface area contributed by atoms with Gasteiger partial charge in [0.1, 0.15) is 0 Å². The SMILES string of the molecule is CC(C)(C)C(CCC(C(=O)O)S(C)(=O)=O)S(C)(=O)=O. The fourth-order valence-electron chi connectivity index (χ4n) is 2.11. The Kier molecular flexibility index (Phi) is 5.59. The van der Waals surface area contributed by atoms with Crippen molar-refractivity contribution in [1.82, 2.24) is 0 Å². The van der Waals surface area contributed by atoms with Crippen LogP contribution < -0.4 is 0 Å². The van der Waals surface area contributed by atoms with E-state index in [-0.39, 0.29) is 12.8 Å². The van der Waals surface area contributed by atoms with Crippen molar-refractivity contribution in [3.63, 3.8) is 0 Å². The lowest BCUT2D eigenvalue weighted by atomic mass is 9.88. The highest BCUT2D eigenvalue weighted by Crippen LogP contribution is 2.30. The summed E-state index contributed by atoms with van der Waals surface area (Å²) in [5, 5.41) is 6.57. The maximum Gasteiger partial charge on any atom is 0.321 e. The fourth-order valence-corrected chi connectivity index (χ4v) is 4.89. The Morgan fingerprint density at radius 1 is 1.00 bits per heavy atom. The second kappa shape index (κ2) is 5.78. The van der Waals surface area contributed by atoms with E-state index in [1.165, 1.54) is 0 Å². The highest BCUT2D eigenvalue weighted by atomic mass is 32.2. The van der Waals surface area contributed by atoms with Crippen LogP contribution in [0.2, 0.25) is 0 Å². The van der Waals surface area contributed by atoms with Crippen molar-refractivity contribution in [2.24, 2.45) is 5.41 Å². The second-order valence-corrected chi connectivity index (χ2v) is 10.4. The minimum atomic E-state index is -3.75. The van der Waals surface area contributed by atoms with Crippen LogP contribution in [0.25, 0.3) is 0 Å². The zero-order valence-corrected chi connectivity index (χ0v) is 13.5. The molecule has 1 N–H and O–H groups in total. The average Bonchev–Trinajstić information content (AvgIpc) is 2.04. The monoisotopic (exact) mass is 314 g/mol. The molecule has 0 bridgehead atoms. The maximum absolute atomic E-state index is 11.7. The summed E-state index contributed by atoms with van der Waals surface area (Å²) in [7, 11) is -7.12. The summed E-state index contributed by atoms with van der Waals surface area (Å²) < 4.78 is 46.1. The Morgan fingerprint density at radius 3 is 1.63 bits per heavy atom. The van der Waals surface area contributed by atoms with Crippen LogP contribution >= 0.6 is 0 Å². The molecule has 0 aromatic heterocycles. The smallest absolute Gasteiger partial charge is 0.321 e. The van der Waals surface area contributed by atoms with Crippen LogP contribution in [-0.4, -0.2) is 50.9 Å². The first kappa shape index (κ1) is 18.4. The molecule has 2 unspecified atom stereocenters. The molecule has 0 fully saturated rings. The van der Waals surface area contributed by atoms with Gasteiger partial charge in [0.25, 0.3) is 0 Å². The number of hydrogen-bond acceptors (Lipinski definition) is 5. The van der Waals surface area contributed by atoms with Gasteiger partial charge in [-0.25, -0.2) is 16.8 Å².